The molecule has 1 heterocycles. The quantitative estimate of drug-likeness (QED) is 0.538. The van der Waals surface area contributed by atoms with Crippen molar-refractivity contribution in [2.75, 3.05) is 20.2 Å². The minimum atomic E-state index is -3.64. The fourth-order valence-corrected chi connectivity index (χ4v) is 4.78. The summed E-state index contributed by atoms with van der Waals surface area (Å²) in [5, 5.41) is 3.73. The Hall–Kier alpha value is -2.84. The summed E-state index contributed by atoms with van der Waals surface area (Å²) in [5.74, 6) is 0.403. The molecule has 1 amide bonds. The van der Waals surface area contributed by atoms with Gasteiger partial charge in [-0.25, -0.2) is 13.1 Å². The molecule has 0 fully saturated rings. The second-order valence-corrected chi connectivity index (χ2v) is 9.10. The van der Waals surface area contributed by atoms with Gasteiger partial charge < -0.3 is 14.5 Å². The van der Waals surface area contributed by atoms with Gasteiger partial charge >= 0.3 is 0 Å². The summed E-state index contributed by atoms with van der Waals surface area (Å²) in [6.07, 6.45) is 5.12. The number of furan rings is 1. The largest absolute Gasteiger partial charge is 0.497 e. The first-order chi connectivity index (χ1) is 14.5. The van der Waals surface area contributed by atoms with Crippen LogP contribution in [-0.4, -0.2) is 34.5 Å². The third-order valence-electron chi connectivity index (χ3n) is 5.33. The molecule has 0 unspecified atom stereocenters. The van der Waals surface area contributed by atoms with E-state index in [2.05, 4.69) is 22.2 Å². The molecule has 0 aliphatic heterocycles. The minimum Gasteiger partial charge on any atom is -0.497 e. The van der Waals surface area contributed by atoms with Crippen molar-refractivity contribution in [2.45, 2.75) is 30.6 Å². The van der Waals surface area contributed by atoms with Crippen LogP contribution in [0.1, 0.15) is 23.1 Å². The number of hydrogen-bond acceptors (Lipinski definition) is 5. The standard InChI is InChI=1S/C22H24N2O5S/c1-28-18-5-7-19(8-6-18)30(26,27)24-10-9-23-22(25)13-17-14-29-21-12-16-4-2-3-15(16)11-20(17)21/h5-8,11-12,14,24H,2-4,9-10,13H2,1H3,(H,23,25). The second-order valence-electron chi connectivity index (χ2n) is 7.33. The van der Waals surface area contributed by atoms with Gasteiger partial charge in [-0.3, -0.25) is 4.79 Å². The maximum absolute atomic E-state index is 12.3. The first kappa shape index (κ1) is 20.4. The van der Waals surface area contributed by atoms with Crippen molar-refractivity contribution in [2.24, 2.45) is 0 Å². The number of nitrogens with one attached hydrogen (secondary N) is 2. The Morgan fingerprint density at radius 1 is 1.10 bits per heavy atom. The maximum Gasteiger partial charge on any atom is 0.240 e. The molecular weight excluding hydrogens is 404 g/mol. The van der Waals surface area contributed by atoms with E-state index in [1.165, 1.54) is 30.4 Å². The van der Waals surface area contributed by atoms with Gasteiger partial charge in [0, 0.05) is 24.0 Å². The summed E-state index contributed by atoms with van der Waals surface area (Å²) >= 11 is 0. The molecule has 1 aliphatic rings. The van der Waals surface area contributed by atoms with Crippen LogP contribution in [0, 0.1) is 0 Å². The van der Waals surface area contributed by atoms with Gasteiger partial charge in [-0.15, -0.1) is 0 Å². The van der Waals surface area contributed by atoms with Crippen LogP contribution in [0.3, 0.4) is 0 Å². The monoisotopic (exact) mass is 428 g/mol. The van der Waals surface area contributed by atoms with E-state index in [1.54, 1.807) is 18.4 Å². The number of benzene rings is 2. The fraction of sp³-hybridized carbons (Fsp3) is 0.318. The lowest BCUT2D eigenvalue weighted by molar-refractivity contribution is -0.120. The van der Waals surface area contributed by atoms with Crippen molar-refractivity contribution >= 4 is 26.9 Å². The molecule has 2 aromatic carbocycles. The van der Waals surface area contributed by atoms with Crippen molar-refractivity contribution in [3.63, 3.8) is 0 Å². The van der Waals surface area contributed by atoms with Crippen molar-refractivity contribution in [3.05, 3.63) is 59.4 Å². The third-order valence-corrected chi connectivity index (χ3v) is 6.81. The summed E-state index contributed by atoms with van der Waals surface area (Å²) in [7, 11) is -2.12. The van der Waals surface area contributed by atoms with E-state index in [9.17, 15) is 13.2 Å². The minimum absolute atomic E-state index is 0.0970. The van der Waals surface area contributed by atoms with E-state index < -0.39 is 10.0 Å². The van der Waals surface area contributed by atoms with Crippen LogP contribution in [0.4, 0.5) is 0 Å². The van der Waals surface area contributed by atoms with Gasteiger partial charge in [-0.05, 0) is 66.8 Å². The van der Waals surface area contributed by atoms with Crippen LogP contribution >= 0.6 is 0 Å². The fourth-order valence-electron chi connectivity index (χ4n) is 3.75. The average Bonchev–Trinajstić information content (AvgIpc) is 3.36. The van der Waals surface area contributed by atoms with Crippen LogP contribution in [0.2, 0.25) is 0 Å². The van der Waals surface area contributed by atoms with Crippen LogP contribution in [0.25, 0.3) is 11.0 Å². The highest BCUT2D eigenvalue weighted by Crippen LogP contribution is 2.30. The topological polar surface area (TPSA) is 97.6 Å². The third kappa shape index (κ3) is 4.34. The van der Waals surface area contributed by atoms with Gasteiger partial charge in [0.2, 0.25) is 15.9 Å². The van der Waals surface area contributed by atoms with E-state index in [1.807, 2.05) is 0 Å². The van der Waals surface area contributed by atoms with Gasteiger partial charge in [0.15, 0.2) is 0 Å². The Kier molecular flexibility index (Phi) is 5.78. The Bertz CT molecular complexity index is 1170. The van der Waals surface area contributed by atoms with E-state index in [4.69, 9.17) is 9.15 Å². The van der Waals surface area contributed by atoms with E-state index in [-0.39, 0.29) is 30.3 Å². The molecule has 7 nitrogen and oxygen atoms in total. The van der Waals surface area contributed by atoms with Crippen molar-refractivity contribution in [1.29, 1.82) is 0 Å². The summed E-state index contributed by atoms with van der Waals surface area (Å²) in [6.45, 7) is 0.291. The molecule has 3 aromatic rings. The number of carbonyl (C=O) groups excluding carboxylic acids is 1. The highest BCUT2D eigenvalue weighted by atomic mass is 32.2. The number of methoxy groups -OCH3 is 1. The van der Waals surface area contributed by atoms with Crippen LogP contribution in [-0.2, 0) is 34.1 Å². The van der Waals surface area contributed by atoms with Crippen molar-refractivity contribution < 1.29 is 22.4 Å². The SMILES string of the molecule is COc1ccc(S(=O)(=O)NCCNC(=O)Cc2coc3cc4c(cc23)CCC4)cc1. The van der Waals surface area contributed by atoms with Gasteiger partial charge in [-0.1, -0.05) is 0 Å². The first-order valence-corrected chi connectivity index (χ1v) is 11.4. The molecule has 158 valence electrons. The average molecular weight is 429 g/mol. The normalized spacial score (nSPS) is 13.4. The second kappa shape index (κ2) is 8.49. The lowest BCUT2D eigenvalue weighted by Crippen LogP contribution is -2.35. The molecule has 1 aromatic heterocycles. The number of fused-ring (bicyclic) bond motifs is 2. The molecule has 2 N–H and O–H groups in total. The van der Waals surface area contributed by atoms with Crippen LogP contribution < -0.4 is 14.8 Å². The zero-order valence-electron chi connectivity index (χ0n) is 16.7. The highest BCUT2D eigenvalue weighted by molar-refractivity contribution is 7.89. The molecule has 1 aliphatic carbocycles. The number of carbonyl (C=O) groups is 1. The summed E-state index contributed by atoms with van der Waals surface area (Å²) in [6, 6.07) is 10.3. The van der Waals surface area contributed by atoms with Crippen LogP contribution in [0.5, 0.6) is 5.75 Å². The van der Waals surface area contributed by atoms with Crippen LogP contribution in [0.15, 0.2) is 52.0 Å². The van der Waals surface area contributed by atoms with Crippen molar-refractivity contribution in [3.8, 4) is 5.75 Å². The molecule has 0 saturated carbocycles. The van der Waals surface area contributed by atoms with Gasteiger partial charge in [0.05, 0.1) is 24.7 Å². The van der Waals surface area contributed by atoms with E-state index in [0.717, 1.165) is 35.8 Å². The van der Waals surface area contributed by atoms with Gasteiger partial charge in [0.1, 0.15) is 11.3 Å². The number of hydrogen-bond donors (Lipinski definition) is 2. The molecule has 8 heteroatoms. The first-order valence-electron chi connectivity index (χ1n) is 9.88. The molecular formula is C22H24N2O5S. The zero-order chi connectivity index (χ0) is 21.1. The van der Waals surface area contributed by atoms with E-state index >= 15 is 0 Å². The Balaban J connectivity index is 1.29. The molecule has 0 saturated heterocycles. The van der Waals surface area contributed by atoms with Gasteiger partial charge in [0.25, 0.3) is 0 Å². The van der Waals surface area contributed by atoms with Gasteiger partial charge in [-0.2, -0.15) is 0 Å². The molecule has 0 spiro atoms. The number of sulfonamides is 1. The number of ether oxygens (including phenoxy) is 1. The predicted octanol–water partition coefficient (Wildman–Crippen LogP) is 2.57. The molecule has 4 rings (SSSR count). The molecule has 0 bridgehead atoms. The number of rotatable bonds is 8. The highest BCUT2D eigenvalue weighted by Gasteiger charge is 2.17. The summed E-state index contributed by atoms with van der Waals surface area (Å²) in [5.41, 5.74) is 4.32. The Morgan fingerprint density at radius 2 is 1.83 bits per heavy atom. The Labute approximate surface area is 175 Å². The number of amides is 1. The Morgan fingerprint density at radius 3 is 2.57 bits per heavy atom. The molecule has 0 atom stereocenters. The molecule has 30 heavy (non-hydrogen) atoms. The lowest BCUT2D eigenvalue weighted by Gasteiger charge is -2.08. The van der Waals surface area contributed by atoms with E-state index in [0.29, 0.717) is 5.75 Å². The smallest absolute Gasteiger partial charge is 0.240 e. The number of aryl methyl sites for hydroxylation is 2. The lowest BCUT2D eigenvalue weighted by atomic mass is 10.0. The predicted molar refractivity (Wildman–Crippen MR) is 113 cm³/mol. The maximum atomic E-state index is 12.3. The summed E-state index contributed by atoms with van der Waals surface area (Å²) < 4.78 is 37.7. The summed E-state index contributed by atoms with van der Waals surface area (Å²) in [4.78, 5) is 12.5. The zero-order valence-corrected chi connectivity index (χ0v) is 17.6. The van der Waals surface area contributed by atoms with Crippen molar-refractivity contribution in [1.82, 2.24) is 10.0 Å². The molecule has 0 radical (unpaired) electrons.